The fraction of sp³-hybridized carbons (Fsp3) is 0.333. The molecule has 1 aromatic rings. The van der Waals surface area contributed by atoms with Crippen LogP contribution < -0.4 is 0 Å². The Balaban J connectivity index is 2.16. The van der Waals surface area contributed by atoms with Gasteiger partial charge in [0.2, 0.25) is 5.91 Å². The van der Waals surface area contributed by atoms with Crippen LogP contribution in [0.3, 0.4) is 0 Å². The molecule has 1 amide bonds. The van der Waals surface area contributed by atoms with Gasteiger partial charge in [-0.25, -0.2) is 9.00 Å². The molecule has 3 atom stereocenters. The third-order valence-electron chi connectivity index (χ3n) is 3.31. The molecule has 1 heterocycles. The highest BCUT2D eigenvalue weighted by Crippen LogP contribution is 2.34. The summed E-state index contributed by atoms with van der Waals surface area (Å²) in [5, 5.41) is -1.00. The van der Waals surface area contributed by atoms with Gasteiger partial charge in [0.25, 0.3) is 0 Å². The van der Waals surface area contributed by atoms with Crippen molar-refractivity contribution in [3.05, 3.63) is 47.2 Å². The van der Waals surface area contributed by atoms with Crippen molar-refractivity contribution in [2.24, 2.45) is 0 Å². The van der Waals surface area contributed by atoms with Crippen LogP contribution in [0.1, 0.15) is 19.4 Å². The number of hydrogen-bond acceptors (Lipinski definition) is 4. The predicted molar refractivity (Wildman–Crippen MR) is 88.7 cm³/mol. The van der Waals surface area contributed by atoms with Gasteiger partial charge < -0.3 is 9.29 Å². The molecule has 0 saturated carbocycles. The van der Waals surface area contributed by atoms with Crippen molar-refractivity contribution in [2.75, 3.05) is 0 Å². The maximum Gasteiger partial charge on any atom is 0.355 e. The van der Waals surface area contributed by atoms with Crippen molar-refractivity contribution in [2.45, 2.75) is 30.7 Å². The van der Waals surface area contributed by atoms with E-state index >= 15 is 0 Å². The number of β-lactam (4-membered cyclic amide) rings is 1. The van der Waals surface area contributed by atoms with Crippen LogP contribution in [0.5, 0.6) is 0 Å². The first-order valence-electron chi connectivity index (χ1n) is 6.80. The maximum atomic E-state index is 12.3. The van der Waals surface area contributed by atoms with E-state index in [2.05, 4.69) is 15.9 Å². The number of carbonyl (C=O) groups is 2. The molecule has 0 aliphatic carbocycles. The molecule has 124 valence electrons. The molecule has 1 fully saturated rings. The monoisotopic (exact) mass is 401 g/mol. The minimum Gasteiger partial charge on any atom is -0.456 e. The van der Waals surface area contributed by atoms with Gasteiger partial charge in [-0.1, -0.05) is 46.3 Å². The molecule has 0 bridgehead atoms. The Hall–Kier alpha value is -1.51. The van der Waals surface area contributed by atoms with Crippen molar-refractivity contribution < 1.29 is 23.1 Å². The van der Waals surface area contributed by atoms with Crippen molar-refractivity contribution >= 4 is 38.9 Å². The number of benzene rings is 1. The second-order valence-corrected chi connectivity index (χ2v) is 7.21. The van der Waals surface area contributed by atoms with Crippen molar-refractivity contribution in [1.29, 1.82) is 0 Å². The Morgan fingerprint density at radius 3 is 2.48 bits per heavy atom. The standard InChI is InChI=1S/C15H16BrNO5S/c1-9(2)12(17-13(18)11(16)14(17)23(20)21)15(19)22-8-10-6-4-3-5-7-10/h3-7,11,14H,8H2,1-2H3,(H,20,21)/t11-,14+/m0/s1. The second kappa shape index (κ2) is 7.37. The zero-order valence-corrected chi connectivity index (χ0v) is 15.0. The van der Waals surface area contributed by atoms with Gasteiger partial charge in [0.05, 0.1) is 0 Å². The van der Waals surface area contributed by atoms with Crippen LogP contribution in [-0.2, 0) is 32.0 Å². The van der Waals surface area contributed by atoms with Crippen molar-refractivity contribution in [3.63, 3.8) is 0 Å². The second-order valence-electron chi connectivity index (χ2n) is 5.19. The van der Waals surface area contributed by atoms with Gasteiger partial charge in [-0.05, 0) is 25.0 Å². The molecule has 0 spiro atoms. The van der Waals surface area contributed by atoms with Crippen LogP contribution in [0, 0.1) is 0 Å². The number of halogens is 1. The highest BCUT2D eigenvalue weighted by molar-refractivity contribution is 9.10. The van der Waals surface area contributed by atoms with E-state index in [-0.39, 0.29) is 12.3 Å². The number of carbonyl (C=O) groups excluding carboxylic acids is 2. The molecule has 6 nitrogen and oxygen atoms in total. The predicted octanol–water partition coefficient (Wildman–Crippen LogP) is 2.18. The van der Waals surface area contributed by atoms with Crippen molar-refractivity contribution in [1.82, 2.24) is 4.90 Å². The topological polar surface area (TPSA) is 83.9 Å². The number of ether oxygens (including phenoxy) is 1. The Morgan fingerprint density at radius 2 is 1.96 bits per heavy atom. The molecule has 1 aliphatic heterocycles. The van der Waals surface area contributed by atoms with Gasteiger partial charge in [-0.3, -0.25) is 9.69 Å². The smallest absolute Gasteiger partial charge is 0.355 e. The van der Waals surface area contributed by atoms with E-state index in [1.54, 1.807) is 13.8 Å². The molecular formula is C15H16BrNO5S. The van der Waals surface area contributed by atoms with Crippen LogP contribution in [0.15, 0.2) is 41.6 Å². The molecule has 23 heavy (non-hydrogen) atoms. The average molecular weight is 402 g/mol. The first-order valence-corrected chi connectivity index (χ1v) is 8.88. The summed E-state index contributed by atoms with van der Waals surface area (Å²) in [6.45, 7) is 3.35. The lowest BCUT2D eigenvalue weighted by Gasteiger charge is -2.42. The number of rotatable bonds is 5. The van der Waals surface area contributed by atoms with E-state index in [1.165, 1.54) is 0 Å². The zero-order chi connectivity index (χ0) is 17.1. The summed E-state index contributed by atoms with van der Waals surface area (Å²) in [6.07, 6.45) is 0. The molecule has 2 rings (SSSR count). The lowest BCUT2D eigenvalue weighted by atomic mass is 10.1. The molecule has 1 unspecified atom stereocenters. The summed E-state index contributed by atoms with van der Waals surface area (Å²) in [7, 11) is 0. The molecule has 1 aromatic carbocycles. The highest BCUT2D eigenvalue weighted by atomic mass is 79.9. The SMILES string of the molecule is CC(C)=C(C(=O)OCc1ccccc1)N1C(=O)[C@H](Br)[C@H]1S(=O)O. The molecular weight excluding hydrogens is 386 g/mol. The van der Waals surface area contributed by atoms with Gasteiger partial charge in [-0.2, -0.15) is 0 Å². The number of amides is 1. The highest BCUT2D eigenvalue weighted by Gasteiger charge is 2.53. The normalized spacial score (nSPS) is 21.4. The fourth-order valence-electron chi connectivity index (χ4n) is 2.19. The quantitative estimate of drug-likeness (QED) is 0.268. The molecule has 0 aromatic heterocycles. The molecule has 0 radical (unpaired) electrons. The zero-order valence-electron chi connectivity index (χ0n) is 12.6. The van der Waals surface area contributed by atoms with E-state index in [0.29, 0.717) is 5.57 Å². The van der Waals surface area contributed by atoms with Crippen molar-refractivity contribution in [3.8, 4) is 0 Å². The Bertz CT molecular complexity index is 672. The van der Waals surface area contributed by atoms with Crippen LogP contribution in [0.2, 0.25) is 0 Å². The number of esters is 1. The third kappa shape index (κ3) is 3.70. The number of hydrogen-bond donors (Lipinski definition) is 1. The lowest BCUT2D eigenvalue weighted by Crippen LogP contribution is -2.64. The summed E-state index contributed by atoms with van der Waals surface area (Å²) in [5.41, 5.74) is 1.35. The summed E-state index contributed by atoms with van der Waals surface area (Å²) < 4.78 is 25.9. The minimum atomic E-state index is -2.28. The molecule has 1 aliphatic rings. The molecule has 8 heteroatoms. The Labute approximate surface area is 144 Å². The van der Waals surface area contributed by atoms with E-state index in [4.69, 9.17) is 4.74 Å². The first kappa shape index (κ1) is 17.8. The molecule has 1 N–H and O–H groups in total. The molecule has 1 saturated heterocycles. The van der Waals surface area contributed by atoms with E-state index in [1.807, 2.05) is 30.3 Å². The van der Waals surface area contributed by atoms with Crippen LogP contribution >= 0.6 is 15.9 Å². The van der Waals surface area contributed by atoms with Gasteiger partial charge in [0.1, 0.15) is 17.1 Å². The van der Waals surface area contributed by atoms with Crippen LogP contribution in [0.25, 0.3) is 0 Å². The number of allylic oxidation sites excluding steroid dienone is 1. The van der Waals surface area contributed by atoms with E-state index in [9.17, 15) is 18.4 Å². The van der Waals surface area contributed by atoms with Crippen LogP contribution in [-0.4, -0.2) is 35.7 Å². The average Bonchev–Trinajstić information content (AvgIpc) is 2.52. The van der Waals surface area contributed by atoms with E-state index < -0.39 is 33.2 Å². The number of alkyl halides is 1. The summed E-state index contributed by atoms with van der Waals surface area (Å²) in [5.74, 6) is -1.14. The number of likely N-dealkylation sites (tertiary alicyclic amines) is 1. The Kier molecular flexibility index (Phi) is 5.72. The van der Waals surface area contributed by atoms with Gasteiger partial charge in [0.15, 0.2) is 16.5 Å². The first-order chi connectivity index (χ1) is 10.8. The van der Waals surface area contributed by atoms with Crippen LogP contribution in [0.4, 0.5) is 0 Å². The largest absolute Gasteiger partial charge is 0.456 e. The summed E-state index contributed by atoms with van der Waals surface area (Å²) in [6, 6.07) is 9.12. The minimum absolute atomic E-state index is 0.00836. The maximum absolute atomic E-state index is 12.3. The van der Waals surface area contributed by atoms with Gasteiger partial charge >= 0.3 is 5.97 Å². The van der Waals surface area contributed by atoms with Gasteiger partial charge in [-0.15, -0.1) is 0 Å². The van der Waals surface area contributed by atoms with Gasteiger partial charge in [0, 0.05) is 0 Å². The summed E-state index contributed by atoms with van der Waals surface area (Å²) >= 11 is 0.775. The third-order valence-corrected chi connectivity index (χ3v) is 5.44. The number of nitrogens with zero attached hydrogens (tertiary/aromatic N) is 1. The fourth-order valence-corrected chi connectivity index (χ4v) is 3.92. The summed E-state index contributed by atoms with van der Waals surface area (Å²) in [4.78, 5) is 24.6. The lowest BCUT2D eigenvalue weighted by molar-refractivity contribution is -0.149. The van der Waals surface area contributed by atoms with E-state index in [0.717, 1.165) is 10.5 Å². The Morgan fingerprint density at radius 1 is 1.35 bits per heavy atom.